The van der Waals surface area contributed by atoms with Gasteiger partial charge < -0.3 is 11.1 Å². The molecule has 33 heavy (non-hydrogen) atoms. The normalized spacial score (nSPS) is 12.0. The molecule has 9 nitrogen and oxygen atoms in total. The van der Waals surface area contributed by atoms with E-state index in [1.54, 1.807) is 37.5 Å². The van der Waals surface area contributed by atoms with Crippen LogP contribution in [0.4, 0.5) is 5.82 Å². The van der Waals surface area contributed by atoms with Crippen LogP contribution in [0.25, 0.3) is 16.9 Å². The Hall–Kier alpha value is -4.84. The van der Waals surface area contributed by atoms with Crippen molar-refractivity contribution in [2.24, 2.45) is 0 Å². The molecule has 9 heteroatoms. The smallest absolute Gasteiger partial charge is 0.338 e. The highest BCUT2D eigenvalue weighted by atomic mass is 16.2. The van der Waals surface area contributed by atoms with Gasteiger partial charge in [-0.3, -0.25) is 13.8 Å². The Balaban J connectivity index is 1.63. The molecular weight excluding hydrogens is 418 g/mol. The average Bonchev–Trinajstić information content (AvgIpc) is 3.39. The summed E-state index contributed by atoms with van der Waals surface area (Å²) in [6.45, 7) is 1.79. The first-order chi connectivity index (χ1) is 16.0. The predicted octanol–water partition coefficient (Wildman–Crippen LogP) is 2.19. The molecule has 0 aliphatic heterocycles. The molecule has 5 rings (SSSR count). The fourth-order valence-electron chi connectivity index (χ4n) is 3.94. The molecular formula is C24H19N7O2. The number of terminal acetylenes is 1. The molecule has 0 bridgehead atoms. The second kappa shape index (κ2) is 7.69. The van der Waals surface area contributed by atoms with Crippen molar-refractivity contribution in [3.05, 3.63) is 94.4 Å². The number of fused-ring (bicyclic) bond motifs is 2. The van der Waals surface area contributed by atoms with E-state index in [0.717, 1.165) is 0 Å². The van der Waals surface area contributed by atoms with Gasteiger partial charge in [0.1, 0.15) is 11.3 Å². The Morgan fingerprint density at radius 2 is 1.97 bits per heavy atom. The van der Waals surface area contributed by atoms with Crippen molar-refractivity contribution >= 4 is 22.9 Å². The quantitative estimate of drug-likeness (QED) is 0.419. The molecule has 1 aromatic carbocycles. The van der Waals surface area contributed by atoms with Crippen molar-refractivity contribution in [2.75, 3.05) is 5.73 Å². The Labute approximate surface area is 188 Å². The molecule has 0 aliphatic rings. The van der Waals surface area contributed by atoms with Crippen molar-refractivity contribution in [3.8, 4) is 18.0 Å². The Bertz CT molecular complexity index is 1620. The summed E-state index contributed by atoms with van der Waals surface area (Å²) in [6, 6.07) is 15.6. The highest BCUT2D eigenvalue weighted by Gasteiger charge is 2.23. The van der Waals surface area contributed by atoms with Gasteiger partial charge in [0.25, 0.3) is 5.91 Å². The number of rotatable bonds is 4. The van der Waals surface area contributed by atoms with Crippen LogP contribution in [0.5, 0.6) is 0 Å². The Morgan fingerprint density at radius 1 is 1.18 bits per heavy atom. The minimum Gasteiger partial charge on any atom is -0.381 e. The van der Waals surface area contributed by atoms with Crippen molar-refractivity contribution in [2.45, 2.75) is 13.0 Å². The Kier molecular flexibility index (Phi) is 4.68. The maximum absolute atomic E-state index is 13.5. The van der Waals surface area contributed by atoms with Gasteiger partial charge in [-0.05, 0) is 43.3 Å². The van der Waals surface area contributed by atoms with Crippen LogP contribution in [0.2, 0.25) is 0 Å². The standard InChI is InChI=1S/C24H19N7O2/c1-3-16-10-11-18-14-19(31(24(33)30(16)18)17-8-5-4-6-9-17)15(2)27-23(32)20-21(25)28-29-13-7-12-26-22(20)29/h1,4-15H,2H3,(H2,25,28)(H,27,32)/t15-/m0/s1. The molecule has 3 N–H and O–H groups in total. The van der Waals surface area contributed by atoms with Gasteiger partial charge in [0.15, 0.2) is 11.5 Å². The van der Waals surface area contributed by atoms with E-state index in [1.807, 2.05) is 36.4 Å². The van der Waals surface area contributed by atoms with E-state index >= 15 is 0 Å². The van der Waals surface area contributed by atoms with E-state index in [-0.39, 0.29) is 17.1 Å². The van der Waals surface area contributed by atoms with Crippen molar-refractivity contribution in [3.63, 3.8) is 0 Å². The largest absolute Gasteiger partial charge is 0.381 e. The van der Waals surface area contributed by atoms with E-state index in [4.69, 9.17) is 12.2 Å². The number of hydrogen-bond donors (Lipinski definition) is 2. The van der Waals surface area contributed by atoms with Crippen LogP contribution in [-0.2, 0) is 0 Å². The lowest BCUT2D eigenvalue weighted by atomic mass is 10.1. The van der Waals surface area contributed by atoms with Gasteiger partial charge >= 0.3 is 5.69 Å². The number of aromatic nitrogens is 5. The van der Waals surface area contributed by atoms with E-state index in [2.05, 4.69) is 21.3 Å². The molecule has 0 saturated carbocycles. The summed E-state index contributed by atoms with van der Waals surface area (Å²) in [6.07, 6.45) is 8.82. The van der Waals surface area contributed by atoms with E-state index in [9.17, 15) is 9.59 Å². The third-order valence-electron chi connectivity index (χ3n) is 5.45. The SMILES string of the molecule is C#Cc1ccc2cc([C@H](C)NC(=O)c3c(N)nn4cccnc34)n(-c3ccccc3)c(=O)n12. The van der Waals surface area contributed by atoms with E-state index < -0.39 is 11.9 Å². The molecule has 0 fully saturated rings. The van der Waals surface area contributed by atoms with Gasteiger partial charge in [0.2, 0.25) is 0 Å². The molecule has 0 saturated heterocycles. The summed E-state index contributed by atoms with van der Waals surface area (Å²) in [4.78, 5) is 30.9. The fraction of sp³-hybridized carbons (Fsp3) is 0.0833. The number of carbonyl (C=O) groups is 1. The first-order valence-electron chi connectivity index (χ1n) is 10.2. The van der Waals surface area contributed by atoms with Crippen LogP contribution in [0.3, 0.4) is 0 Å². The van der Waals surface area contributed by atoms with Crippen LogP contribution < -0.4 is 16.7 Å². The van der Waals surface area contributed by atoms with Gasteiger partial charge in [-0.25, -0.2) is 14.3 Å². The Morgan fingerprint density at radius 3 is 2.73 bits per heavy atom. The van der Waals surface area contributed by atoms with Gasteiger partial charge in [0.05, 0.1) is 22.9 Å². The number of hydrogen-bond acceptors (Lipinski definition) is 5. The molecule has 162 valence electrons. The molecule has 1 amide bonds. The first kappa shape index (κ1) is 20.1. The summed E-state index contributed by atoms with van der Waals surface area (Å²) in [7, 11) is 0. The number of anilines is 1. The van der Waals surface area contributed by atoms with Crippen LogP contribution in [0.15, 0.2) is 71.8 Å². The van der Waals surface area contributed by atoms with Gasteiger partial charge in [-0.2, -0.15) is 0 Å². The van der Waals surface area contributed by atoms with Crippen LogP contribution >= 0.6 is 0 Å². The van der Waals surface area contributed by atoms with Gasteiger partial charge in [-0.15, -0.1) is 11.5 Å². The monoisotopic (exact) mass is 437 g/mol. The van der Waals surface area contributed by atoms with Crippen LogP contribution in [0, 0.1) is 12.3 Å². The third-order valence-corrected chi connectivity index (χ3v) is 5.45. The second-order valence-corrected chi connectivity index (χ2v) is 7.49. The summed E-state index contributed by atoms with van der Waals surface area (Å²) < 4.78 is 4.46. The topological polar surface area (TPSA) is 112 Å². The number of nitrogen functional groups attached to an aromatic ring is 1. The van der Waals surface area contributed by atoms with Crippen LogP contribution in [0.1, 0.15) is 34.7 Å². The number of nitrogens with two attached hydrogens (primary N) is 1. The third kappa shape index (κ3) is 3.21. The maximum atomic E-state index is 13.5. The molecule has 4 aromatic heterocycles. The highest BCUT2D eigenvalue weighted by Crippen LogP contribution is 2.22. The zero-order valence-corrected chi connectivity index (χ0v) is 17.6. The summed E-state index contributed by atoms with van der Waals surface area (Å²) in [5.74, 6) is 2.17. The number of carbonyl (C=O) groups excluding carboxylic acids is 1. The zero-order chi connectivity index (χ0) is 23.1. The molecule has 4 heterocycles. The minimum absolute atomic E-state index is 0.0690. The van der Waals surface area contributed by atoms with Crippen molar-refractivity contribution in [1.29, 1.82) is 0 Å². The first-order valence-corrected chi connectivity index (χ1v) is 10.2. The van der Waals surface area contributed by atoms with Gasteiger partial charge in [0, 0.05) is 12.4 Å². The van der Waals surface area contributed by atoms with Crippen LogP contribution in [-0.4, -0.2) is 29.5 Å². The number of para-hydroxylation sites is 1. The molecule has 0 unspecified atom stereocenters. The summed E-state index contributed by atoms with van der Waals surface area (Å²) in [5, 5.41) is 7.07. The number of amides is 1. The lowest BCUT2D eigenvalue weighted by molar-refractivity contribution is 0.0941. The van der Waals surface area contributed by atoms with Crippen molar-refractivity contribution < 1.29 is 4.79 Å². The zero-order valence-electron chi connectivity index (χ0n) is 17.6. The minimum atomic E-state index is -0.558. The molecule has 0 aliphatic carbocycles. The highest BCUT2D eigenvalue weighted by molar-refractivity contribution is 6.04. The maximum Gasteiger partial charge on any atom is 0.338 e. The molecule has 0 spiro atoms. The summed E-state index contributed by atoms with van der Waals surface area (Å²) >= 11 is 0. The lowest BCUT2D eigenvalue weighted by Crippen LogP contribution is -2.34. The van der Waals surface area contributed by atoms with E-state index in [1.165, 1.54) is 13.5 Å². The number of benzene rings is 1. The van der Waals surface area contributed by atoms with Gasteiger partial charge in [-0.1, -0.05) is 24.1 Å². The fourth-order valence-corrected chi connectivity index (χ4v) is 3.94. The number of nitrogens with one attached hydrogen (secondary N) is 1. The predicted molar refractivity (Wildman–Crippen MR) is 124 cm³/mol. The molecule has 1 atom stereocenters. The second-order valence-electron chi connectivity index (χ2n) is 7.49. The molecule has 0 radical (unpaired) electrons. The lowest BCUT2D eigenvalue weighted by Gasteiger charge is -2.20. The summed E-state index contributed by atoms with van der Waals surface area (Å²) in [5.41, 5.74) is 8.50. The van der Waals surface area contributed by atoms with E-state index in [0.29, 0.717) is 28.2 Å². The number of nitrogens with zero attached hydrogens (tertiary/aromatic N) is 5. The average molecular weight is 437 g/mol. The molecule has 5 aromatic rings. The van der Waals surface area contributed by atoms with Crippen molar-refractivity contribution in [1.82, 2.24) is 28.9 Å².